The van der Waals surface area contributed by atoms with Crippen molar-refractivity contribution in [2.75, 3.05) is 6.61 Å². The Morgan fingerprint density at radius 2 is 1.82 bits per heavy atom. The molecule has 0 spiro atoms. The van der Waals surface area contributed by atoms with Crippen LogP contribution < -0.4 is 10.5 Å². The lowest BCUT2D eigenvalue weighted by Gasteiger charge is -2.30. The second kappa shape index (κ2) is 8.01. The summed E-state index contributed by atoms with van der Waals surface area (Å²) in [7, 11) is 0. The molecule has 0 saturated heterocycles. The number of hydrogen-bond acceptors (Lipinski definition) is 2. The first kappa shape index (κ1) is 17.3. The van der Waals surface area contributed by atoms with Gasteiger partial charge in [0, 0.05) is 5.54 Å². The topological polar surface area (TPSA) is 35.2 Å². The SMILES string of the molecule is CCCCCCCOc1ccc2c(c1)C[C@H]([C@](C)(N)CC)C2. The smallest absolute Gasteiger partial charge is 0.119 e. The van der Waals surface area contributed by atoms with E-state index in [4.69, 9.17) is 10.5 Å². The summed E-state index contributed by atoms with van der Waals surface area (Å²) >= 11 is 0. The molecule has 1 aromatic carbocycles. The highest BCUT2D eigenvalue weighted by atomic mass is 16.5. The second-order valence-corrected chi connectivity index (χ2v) is 7.16. The molecule has 0 unspecified atom stereocenters. The zero-order valence-electron chi connectivity index (χ0n) is 14.7. The number of nitrogens with two attached hydrogens (primary N) is 1. The molecule has 2 N–H and O–H groups in total. The molecule has 0 amide bonds. The lowest BCUT2D eigenvalue weighted by atomic mass is 9.82. The Labute approximate surface area is 136 Å². The minimum atomic E-state index is -0.0562. The fraction of sp³-hybridized carbons (Fsp3) is 0.700. The van der Waals surface area contributed by atoms with Crippen molar-refractivity contribution in [2.45, 2.75) is 77.7 Å². The van der Waals surface area contributed by atoms with Gasteiger partial charge in [0.05, 0.1) is 6.61 Å². The molecule has 0 aromatic heterocycles. The third-order valence-corrected chi connectivity index (χ3v) is 5.32. The molecule has 1 aliphatic carbocycles. The third kappa shape index (κ3) is 4.49. The van der Waals surface area contributed by atoms with Crippen LogP contribution in [0, 0.1) is 5.92 Å². The van der Waals surface area contributed by atoms with Gasteiger partial charge in [-0.15, -0.1) is 0 Å². The lowest BCUT2D eigenvalue weighted by molar-refractivity contribution is 0.295. The maximum atomic E-state index is 6.45. The molecule has 0 saturated carbocycles. The van der Waals surface area contributed by atoms with Gasteiger partial charge in [0.25, 0.3) is 0 Å². The molecule has 2 heteroatoms. The summed E-state index contributed by atoms with van der Waals surface area (Å²) in [4.78, 5) is 0. The molecule has 0 bridgehead atoms. The number of rotatable bonds is 9. The maximum absolute atomic E-state index is 6.45. The van der Waals surface area contributed by atoms with Gasteiger partial charge in [-0.3, -0.25) is 0 Å². The van der Waals surface area contributed by atoms with Crippen LogP contribution in [-0.4, -0.2) is 12.1 Å². The van der Waals surface area contributed by atoms with Crippen LogP contribution in [-0.2, 0) is 12.8 Å². The predicted molar refractivity (Wildman–Crippen MR) is 94.5 cm³/mol. The molecular weight excluding hydrogens is 270 g/mol. The largest absolute Gasteiger partial charge is 0.494 e. The monoisotopic (exact) mass is 303 g/mol. The molecule has 22 heavy (non-hydrogen) atoms. The van der Waals surface area contributed by atoms with Gasteiger partial charge in [-0.1, -0.05) is 45.6 Å². The van der Waals surface area contributed by atoms with Gasteiger partial charge >= 0.3 is 0 Å². The fourth-order valence-corrected chi connectivity index (χ4v) is 3.33. The van der Waals surface area contributed by atoms with Gasteiger partial charge < -0.3 is 10.5 Å². The number of hydrogen-bond donors (Lipinski definition) is 1. The molecule has 2 nitrogen and oxygen atoms in total. The number of unbranched alkanes of at least 4 members (excludes halogenated alkanes) is 4. The van der Waals surface area contributed by atoms with Gasteiger partial charge in [0.1, 0.15) is 5.75 Å². The van der Waals surface area contributed by atoms with Crippen LogP contribution in [0.25, 0.3) is 0 Å². The molecular formula is C20H33NO. The van der Waals surface area contributed by atoms with E-state index < -0.39 is 0 Å². The van der Waals surface area contributed by atoms with Crippen molar-refractivity contribution in [2.24, 2.45) is 11.7 Å². The summed E-state index contributed by atoms with van der Waals surface area (Å²) in [6.07, 6.45) is 9.67. The van der Waals surface area contributed by atoms with Crippen molar-refractivity contribution in [1.29, 1.82) is 0 Å². The summed E-state index contributed by atoms with van der Waals surface area (Å²) in [5, 5.41) is 0. The summed E-state index contributed by atoms with van der Waals surface area (Å²) in [5.41, 5.74) is 9.30. The molecule has 0 heterocycles. The summed E-state index contributed by atoms with van der Waals surface area (Å²) in [5.74, 6) is 1.60. The second-order valence-electron chi connectivity index (χ2n) is 7.16. The van der Waals surface area contributed by atoms with Crippen LogP contribution in [0.5, 0.6) is 5.75 Å². The summed E-state index contributed by atoms with van der Waals surface area (Å²) < 4.78 is 5.93. The van der Waals surface area contributed by atoms with Crippen molar-refractivity contribution >= 4 is 0 Å². The zero-order chi connectivity index (χ0) is 16.0. The van der Waals surface area contributed by atoms with E-state index >= 15 is 0 Å². The van der Waals surface area contributed by atoms with Crippen LogP contribution in [0.2, 0.25) is 0 Å². The fourth-order valence-electron chi connectivity index (χ4n) is 3.33. The van der Waals surface area contributed by atoms with Gasteiger partial charge in [-0.25, -0.2) is 0 Å². The third-order valence-electron chi connectivity index (χ3n) is 5.32. The van der Waals surface area contributed by atoms with Crippen LogP contribution >= 0.6 is 0 Å². The van der Waals surface area contributed by atoms with Crippen molar-refractivity contribution in [3.63, 3.8) is 0 Å². The zero-order valence-corrected chi connectivity index (χ0v) is 14.7. The van der Waals surface area contributed by atoms with Crippen molar-refractivity contribution < 1.29 is 4.74 Å². The lowest BCUT2D eigenvalue weighted by Crippen LogP contribution is -2.43. The average Bonchev–Trinajstić information content (AvgIpc) is 2.95. The van der Waals surface area contributed by atoms with Crippen molar-refractivity contribution in [3.8, 4) is 5.75 Å². The molecule has 2 rings (SSSR count). The molecule has 0 aliphatic heterocycles. The number of ether oxygens (including phenoxy) is 1. The van der Waals surface area contributed by atoms with Gasteiger partial charge in [-0.05, 0) is 61.8 Å². The Hall–Kier alpha value is -1.02. The molecule has 1 aliphatic rings. The van der Waals surface area contributed by atoms with Crippen molar-refractivity contribution in [3.05, 3.63) is 29.3 Å². The number of benzene rings is 1. The van der Waals surface area contributed by atoms with Gasteiger partial charge in [0.15, 0.2) is 0 Å². The molecule has 124 valence electrons. The molecule has 0 radical (unpaired) electrons. The summed E-state index contributed by atoms with van der Waals surface area (Å²) in [6.45, 7) is 7.47. The van der Waals surface area contributed by atoms with Gasteiger partial charge in [0.2, 0.25) is 0 Å². The van der Waals surface area contributed by atoms with E-state index in [1.165, 1.54) is 36.8 Å². The molecule has 1 aromatic rings. The average molecular weight is 303 g/mol. The Morgan fingerprint density at radius 1 is 1.09 bits per heavy atom. The van der Waals surface area contributed by atoms with E-state index in [0.29, 0.717) is 5.92 Å². The highest BCUT2D eigenvalue weighted by molar-refractivity contribution is 5.39. The van der Waals surface area contributed by atoms with E-state index in [9.17, 15) is 0 Å². The van der Waals surface area contributed by atoms with E-state index in [0.717, 1.165) is 38.0 Å². The first-order valence-electron chi connectivity index (χ1n) is 9.10. The highest BCUT2D eigenvalue weighted by Crippen LogP contribution is 2.35. The minimum absolute atomic E-state index is 0.0562. The van der Waals surface area contributed by atoms with Gasteiger partial charge in [-0.2, -0.15) is 0 Å². The number of fused-ring (bicyclic) bond motifs is 1. The maximum Gasteiger partial charge on any atom is 0.119 e. The molecule has 0 fully saturated rings. The van der Waals surface area contributed by atoms with Crippen LogP contribution in [0.15, 0.2) is 18.2 Å². The first-order chi connectivity index (χ1) is 10.6. The molecule has 2 atom stereocenters. The standard InChI is InChI=1S/C20H33NO/c1-4-6-7-8-9-12-22-19-11-10-16-13-18(14-17(16)15-19)20(3,21)5-2/h10-11,15,18H,4-9,12-14,21H2,1-3H3/t18-,20-/m1/s1. The van der Waals surface area contributed by atoms with Crippen LogP contribution in [0.4, 0.5) is 0 Å². The minimum Gasteiger partial charge on any atom is -0.494 e. The van der Waals surface area contributed by atoms with Crippen LogP contribution in [0.1, 0.15) is 70.4 Å². The van der Waals surface area contributed by atoms with E-state index in [1.54, 1.807) is 0 Å². The van der Waals surface area contributed by atoms with Crippen molar-refractivity contribution in [1.82, 2.24) is 0 Å². The Kier molecular flexibility index (Phi) is 6.31. The quantitative estimate of drug-likeness (QED) is 0.660. The summed E-state index contributed by atoms with van der Waals surface area (Å²) in [6, 6.07) is 6.62. The van der Waals surface area contributed by atoms with E-state index in [1.807, 2.05) is 0 Å². The van der Waals surface area contributed by atoms with Crippen LogP contribution in [0.3, 0.4) is 0 Å². The van der Waals surface area contributed by atoms with E-state index in [-0.39, 0.29) is 5.54 Å². The highest BCUT2D eigenvalue weighted by Gasteiger charge is 2.33. The van der Waals surface area contributed by atoms with E-state index in [2.05, 4.69) is 39.0 Å². The Balaban J connectivity index is 1.83. The predicted octanol–water partition coefficient (Wildman–Crippen LogP) is 4.88. The first-order valence-corrected chi connectivity index (χ1v) is 9.10. The Bertz CT molecular complexity index is 467. The normalized spacial score (nSPS) is 19.7. The Morgan fingerprint density at radius 3 is 2.55 bits per heavy atom.